The second kappa shape index (κ2) is 7.17. The molecule has 0 radical (unpaired) electrons. The Kier molecular flexibility index (Phi) is 5.00. The van der Waals surface area contributed by atoms with E-state index in [1.54, 1.807) is 0 Å². The van der Waals surface area contributed by atoms with Crippen LogP contribution in [0.2, 0.25) is 0 Å². The van der Waals surface area contributed by atoms with E-state index in [2.05, 4.69) is 0 Å². The van der Waals surface area contributed by atoms with Gasteiger partial charge in [0.25, 0.3) is 0 Å². The van der Waals surface area contributed by atoms with E-state index in [4.69, 9.17) is 4.74 Å². The molecule has 0 saturated carbocycles. The van der Waals surface area contributed by atoms with Gasteiger partial charge in [-0.1, -0.05) is 30.3 Å². The van der Waals surface area contributed by atoms with E-state index in [0.717, 1.165) is 23.8 Å². The first-order chi connectivity index (χ1) is 11.1. The van der Waals surface area contributed by atoms with Crippen LogP contribution in [-0.2, 0) is 4.74 Å². The van der Waals surface area contributed by atoms with Crippen LogP contribution in [0.25, 0.3) is 0 Å². The lowest BCUT2D eigenvalue weighted by atomic mass is 10.1. The van der Waals surface area contributed by atoms with E-state index in [-0.39, 0.29) is 18.2 Å². The molecular weight excluding hydrogens is 300 g/mol. The van der Waals surface area contributed by atoms with Gasteiger partial charge < -0.3 is 9.84 Å². The van der Waals surface area contributed by atoms with Gasteiger partial charge in [-0.3, -0.25) is 4.90 Å². The molecule has 0 amide bonds. The first-order valence-corrected chi connectivity index (χ1v) is 7.65. The van der Waals surface area contributed by atoms with Gasteiger partial charge in [0.1, 0.15) is 11.6 Å². The fourth-order valence-corrected chi connectivity index (χ4v) is 2.85. The summed E-state index contributed by atoms with van der Waals surface area (Å²) in [5.41, 5.74) is 1.07. The summed E-state index contributed by atoms with van der Waals surface area (Å²) in [5.74, 6) is -1.14. The maximum absolute atomic E-state index is 13.7. The molecule has 23 heavy (non-hydrogen) atoms. The lowest BCUT2D eigenvalue weighted by Crippen LogP contribution is -2.40. The van der Waals surface area contributed by atoms with Crippen molar-refractivity contribution >= 4 is 0 Å². The van der Waals surface area contributed by atoms with E-state index >= 15 is 0 Å². The van der Waals surface area contributed by atoms with Gasteiger partial charge >= 0.3 is 0 Å². The Bertz CT molecular complexity index is 651. The zero-order valence-corrected chi connectivity index (χ0v) is 12.7. The monoisotopic (exact) mass is 319 g/mol. The fraction of sp³-hybridized carbons (Fsp3) is 0.333. The van der Waals surface area contributed by atoms with E-state index in [1.165, 1.54) is 0 Å². The zero-order valence-electron chi connectivity index (χ0n) is 12.7. The molecule has 2 unspecified atom stereocenters. The Balaban J connectivity index is 1.66. The number of ether oxygens (including phenoxy) is 1. The summed E-state index contributed by atoms with van der Waals surface area (Å²) in [5, 5.41) is 10.2. The van der Waals surface area contributed by atoms with Crippen molar-refractivity contribution in [1.82, 2.24) is 4.90 Å². The fourth-order valence-electron chi connectivity index (χ4n) is 2.85. The third-order valence-corrected chi connectivity index (χ3v) is 4.07. The molecule has 5 heteroatoms. The van der Waals surface area contributed by atoms with Crippen molar-refractivity contribution in [2.75, 3.05) is 26.2 Å². The minimum Gasteiger partial charge on any atom is -0.387 e. The van der Waals surface area contributed by atoms with Gasteiger partial charge in [0, 0.05) is 25.2 Å². The summed E-state index contributed by atoms with van der Waals surface area (Å²) in [6.07, 6.45) is -1.14. The van der Waals surface area contributed by atoms with Gasteiger partial charge in [0.2, 0.25) is 0 Å². The average molecular weight is 319 g/mol. The number of rotatable bonds is 4. The summed E-state index contributed by atoms with van der Waals surface area (Å²) in [4.78, 5) is 2.01. The minimum absolute atomic E-state index is 0.00671. The van der Waals surface area contributed by atoms with Crippen LogP contribution in [-0.4, -0.2) is 36.2 Å². The summed E-state index contributed by atoms with van der Waals surface area (Å²) in [6, 6.07) is 13.0. The van der Waals surface area contributed by atoms with E-state index in [0.29, 0.717) is 19.7 Å². The molecule has 1 N–H and O–H groups in total. The quantitative estimate of drug-likeness (QED) is 0.940. The van der Waals surface area contributed by atoms with Crippen LogP contribution in [0.1, 0.15) is 23.3 Å². The van der Waals surface area contributed by atoms with Crippen molar-refractivity contribution in [1.29, 1.82) is 0 Å². The maximum atomic E-state index is 13.7. The molecule has 1 heterocycles. The van der Waals surface area contributed by atoms with Gasteiger partial charge in [-0.15, -0.1) is 0 Å². The van der Waals surface area contributed by atoms with E-state index in [9.17, 15) is 13.9 Å². The molecule has 0 spiro atoms. The highest BCUT2D eigenvalue weighted by molar-refractivity contribution is 5.22. The molecule has 3 rings (SSSR count). The van der Waals surface area contributed by atoms with Crippen molar-refractivity contribution in [3.8, 4) is 0 Å². The second-order valence-corrected chi connectivity index (χ2v) is 5.71. The Morgan fingerprint density at radius 1 is 1.17 bits per heavy atom. The summed E-state index contributed by atoms with van der Waals surface area (Å²) >= 11 is 0. The molecule has 1 aliphatic heterocycles. The maximum Gasteiger partial charge on any atom is 0.129 e. The number of nitrogens with zero attached hydrogens (tertiary/aromatic N) is 1. The van der Waals surface area contributed by atoms with Crippen LogP contribution >= 0.6 is 0 Å². The number of aliphatic hydroxyl groups excluding tert-OH is 1. The number of hydrogen-bond acceptors (Lipinski definition) is 3. The first kappa shape index (κ1) is 16.1. The van der Waals surface area contributed by atoms with Crippen LogP contribution in [0.3, 0.4) is 0 Å². The molecule has 0 bridgehead atoms. The van der Waals surface area contributed by atoms with Gasteiger partial charge in [-0.05, 0) is 23.8 Å². The van der Waals surface area contributed by atoms with Gasteiger partial charge in [-0.25, -0.2) is 8.78 Å². The van der Waals surface area contributed by atoms with Gasteiger partial charge in [-0.2, -0.15) is 0 Å². The molecular formula is C18H19F2NO2. The Labute approximate surface area is 134 Å². The number of aliphatic hydroxyl groups is 1. The van der Waals surface area contributed by atoms with Gasteiger partial charge in [0.15, 0.2) is 0 Å². The van der Waals surface area contributed by atoms with Crippen LogP contribution in [0.4, 0.5) is 8.78 Å². The first-order valence-electron chi connectivity index (χ1n) is 7.65. The SMILES string of the molecule is OC(CN1CCOC(c2ccccc2)C1)c1cc(F)ccc1F. The van der Waals surface area contributed by atoms with Crippen LogP contribution in [0.5, 0.6) is 0 Å². The normalized spacial score (nSPS) is 20.4. The van der Waals surface area contributed by atoms with Crippen LogP contribution in [0.15, 0.2) is 48.5 Å². The van der Waals surface area contributed by atoms with Crippen molar-refractivity contribution in [3.63, 3.8) is 0 Å². The van der Waals surface area contributed by atoms with Crippen molar-refractivity contribution in [2.24, 2.45) is 0 Å². The number of hydrogen-bond donors (Lipinski definition) is 1. The molecule has 2 aromatic rings. The molecule has 0 aliphatic carbocycles. The van der Waals surface area contributed by atoms with Crippen molar-refractivity contribution in [2.45, 2.75) is 12.2 Å². The molecule has 1 saturated heterocycles. The molecule has 3 nitrogen and oxygen atoms in total. The van der Waals surface area contributed by atoms with Crippen molar-refractivity contribution in [3.05, 3.63) is 71.3 Å². The number of morpholine rings is 1. The molecule has 122 valence electrons. The molecule has 1 aliphatic rings. The topological polar surface area (TPSA) is 32.7 Å². The molecule has 2 atom stereocenters. The Morgan fingerprint density at radius 2 is 1.96 bits per heavy atom. The smallest absolute Gasteiger partial charge is 0.129 e. The second-order valence-electron chi connectivity index (χ2n) is 5.71. The molecule has 2 aromatic carbocycles. The summed E-state index contributed by atoms with van der Waals surface area (Å²) in [7, 11) is 0. The predicted molar refractivity (Wildman–Crippen MR) is 82.9 cm³/mol. The largest absolute Gasteiger partial charge is 0.387 e. The van der Waals surface area contributed by atoms with E-state index < -0.39 is 17.7 Å². The van der Waals surface area contributed by atoms with E-state index in [1.807, 2.05) is 35.2 Å². The number of halogens is 2. The number of benzene rings is 2. The lowest BCUT2D eigenvalue weighted by Gasteiger charge is -2.34. The highest BCUT2D eigenvalue weighted by atomic mass is 19.1. The zero-order chi connectivity index (χ0) is 16.2. The van der Waals surface area contributed by atoms with Gasteiger partial charge in [0.05, 0.1) is 18.8 Å². The standard InChI is InChI=1S/C18H19F2NO2/c19-14-6-7-16(20)15(10-14)17(22)11-21-8-9-23-18(12-21)13-4-2-1-3-5-13/h1-7,10,17-18,22H,8-9,11-12H2. The van der Waals surface area contributed by atoms with Crippen molar-refractivity contribution < 1.29 is 18.6 Å². The third-order valence-electron chi connectivity index (χ3n) is 4.07. The third kappa shape index (κ3) is 3.93. The summed E-state index contributed by atoms with van der Waals surface area (Å²) < 4.78 is 32.8. The predicted octanol–water partition coefficient (Wildman–Crippen LogP) is 3.07. The molecule has 0 aromatic heterocycles. The average Bonchev–Trinajstić information content (AvgIpc) is 2.58. The summed E-state index contributed by atoms with van der Waals surface area (Å²) in [6.45, 7) is 2.04. The van der Waals surface area contributed by atoms with Crippen LogP contribution < -0.4 is 0 Å². The minimum atomic E-state index is -1.07. The highest BCUT2D eigenvalue weighted by Gasteiger charge is 2.25. The highest BCUT2D eigenvalue weighted by Crippen LogP contribution is 2.25. The Morgan fingerprint density at radius 3 is 2.74 bits per heavy atom. The Hall–Kier alpha value is -1.82. The number of β-amino-alcohol motifs (C(OH)–C–C–N with tert-alkyl or cyclic N) is 1. The van der Waals surface area contributed by atoms with Crippen LogP contribution in [0, 0.1) is 11.6 Å². The molecule has 1 fully saturated rings. The lowest BCUT2D eigenvalue weighted by molar-refractivity contribution is -0.0427.